The lowest BCUT2D eigenvalue weighted by molar-refractivity contribution is -0.672. The lowest BCUT2D eigenvalue weighted by atomic mass is 9.97. The number of aromatic amines is 1. The summed E-state index contributed by atoms with van der Waals surface area (Å²) >= 11 is 0.938. The van der Waals surface area contributed by atoms with E-state index in [1.807, 2.05) is 6.07 Å². The van der Waals surface area contributed by atoms with E-state index in [0.717, 1.165) is 11.8 Å². The Morgan fingerprint density at radius 2 is 1.83 bits per heavy atom. The highest BCUT2D eigenvalue weighted by Crippen LogP contribution is 2.35. The average Bonchev–Trinajstić information content (AvgIpc) is 3.28. The molecule has 0 unspecified atom stereocenters. The third kappa shape index (κ3) is 4.49. The Labute approximate surface area is 203 Å². The zero-order valence-electron chi connectivity index (χ0n) is 18.3. The summed E-state index contributed by atoms with van der Waals surface area (Å²) in [5, 5.41) is 22.1. The number of hydrogen-bond acceptors (Lipinski definition) is 9. The van der Waals surface area contributed by atoms with E-state index < -0.39 is 11.4 Å². The molecule has 10 nitrogen and oxygen atoms in total. The largest absolute Gasteiger partial charge is 0.497 e. The number of aromatic nitrogens is 3. The van der Waals surface area contributed by atoms with Crippen molar-refractivity contribution < 1.29 is 18.7 Å². The molecule has 4 rings (SSSR count). The quantitative estimate of drug-likeness (QED) is 0.227. The molecule has 0 aliphatic heterocycles. The van der Waals surface area contributed by atoms with Gasteiger partial charge in [-0.15, -0.1) is 0 Å². The van der Waals surface area contributed by atoms with Gasteiger partial charge in [0.1, 0.15) is 34.3 Å². The Morgan fingerprint density at radius 3 is 2.46 bits per heavy atom. The van der Waals surface area contributed by atoms with Crippen molar-refractivity contribution in [1.82, 2.24) is 10.3 Å². The van der Waals surface area contributed by atoms with Crippen LogP contribution in [-0.2, 0) is 0 Å². The summed E-state index contributed by atoms with van der Waals surface area (Å²) in [6.45, 7) is 0. The van der Waals surface area contributed by atoms with E-state index in [1.54, 1.807) is 54.6 Å². The van der Waals surface area contributed by atoms with Crippen LogP contribution in [-0.4, -0.2) is 28.9 Å². The van der Waals surface area contributed by atoms with E-state index in [2.05, 4.69) is 16.3 Å². The number of carbonyl (C=O) groups is 1. The van der Waals surface area contributed by atoms with Crippen molar-refractivity contribution in [3.8, 4) is 34.7 Å². The van der Waals surface area contributed by atoms with E-state index in [4.69, 9.17) is 15.0 Å². The molecule has 0 aliphatic carbocycles. The number of ketones is 1. The SMILES string of the molecule is COc1ccc(-[n+]2[nH]oc(=O)c2C(=O)CSc2nc(N)c(C#N)c(-c3ccccc3)c2C#N)cc1. The fourth-order valence-electron chi connectivity index (χ4n) is 3.42. The average molecular weight is 486 g/mol. The van der Waals surface area contributed by atoms with Crippen LogP contribution >= 0.6 is 11.8 Å². The van der Waals surface area contributed by atoms with Gasteiger partial charge in [-0.1, -0.05) is 42.1 Å². The van der Waals surface area contributed by atoms with E-state index in [-0.39, 0.29) is 33.4 Å². The van der Waals surface area contributed by atoms with Gasteiger partial charge in [-0.2, -0.15) is 10.5 Å². The maximum atomic E-state index is 13.0. The molecule has 0 amide bonds. The van der Waals surface area contributed by atoms with Crippen LogP contribution in [0.1, 0.15) is 21.6 Å². The number of benzene rings is 2. The smallest absolute Gasteiger partial charge is 0.438 e. The molecule has 0 saturated heterocycles. The first-order valence-corrected chi connectivity index (χ1v) is 11.1. The molecule has 2 heterocycles. The second kappa shape index (κ2) is 9.95. The van der Waals surface area contributed by atoms with Gasteiger partial charge in [-0.3, -0.25) is 9.32 Å². The summed E-state index contributed by atoms with van der Waals surface area (Å²) < 4.78 is 11.2. The number of thioether (sulfide) groups is 1. The van der Waals surface area contributed by atoms with Crippen molar-refractivity contribution in [1.29, 1.82) is 10.5 Å². The van der Waals surface area contributed by atoms with E-state index >= 15 is 0 Å². The van der Waals surface area contributed by atoms with E-state index in [1.165, 1.54) is 11.8 Å². The zero-order valence-corrected chi connectivity index (χ0v) is 19.1. The van der Waals surface area contributed by atoms with Gasteiger partial charge in [0.15, 0.2) is 0 Å². The normalized spacial score (nSPS) is 10.4. The molecular weight excluding hydrogens is 468 g/mol. The number of hydrogen-bond donors (Lipinski definition) is 2. The first-order chi connectivity index (χ1) is 17.0. The third-order valence-electron chi connectivity index (χ3n) is 5.06. The number of Topliss-reactive ketones (excluding diaryl/α,β-unsaturated/α-hetero) is 1. The number of H-pyrrole nitrogens is 1. The molecule has 0 spiro atoms. The molecule has 172 valence electrons. The Balaban J connectivity index is 1.69. The molecule has 0 aliphatic rings. The maximum Gasteiger partial charge on any atom is 0.438 e. The lowest BCUT2D eigenvalue weighted by Crippen LogP contribution is -2.41. The number of nitrogens with zero attached hydrogens (tertiary/aromatic N) is 4. The number of nitrogens with one attached hydrogen (secondary N) is 1. The van der Waals surface area contributed by atoms with Crippen LogP contribution < -0.4 is 20.8 Å². The van der Waals surface area contributed by atoms with Crippen LogP contribution in [0.2, 0.25) is 0 Å². The number of carbonyl (C=O) groups excluding carboxylic acids is 1. The van der Waals surface area contributed by atoms with E-state index in [9.17, 15) is 20.1 Å². The molecule has 2 aromatic heterocycles. The molecule has 4 aromatic rings. The predicted molar refractivity (Wildman–Crippen MR) is 126 cm³/mol. The molecule has 3 N–H and O–H groups in total. The summed E-state index contributed by atoms with van der Waals surface area (Å²) in [6.07, 6.45) is 0. The van der Waals surface area contributed by atoms with Crippen LogP contribution in [0.3, 0.4) is 0 Å². The first kappa shape index (κ1) is 23.3. The Kier molecular flexibility index (Phi) is 6.62. The number of methoxy groups -OCH3 is 1. The van der Waals surface area contributed by atoms with Crippen molar-refractivity contribution in [2.75, 3.05) is 18.6 Å². The summed E-state index contributed by atoms with van der Waals surface area (Å²) in [6, 6.07) is 19.6. The highest BCUT2D eigenvalue weighted by molar-refractivity contribution is 8.00. The maximum absolute atomic E-state index is 13.0. The molecule has 0 radical (unpaired) electrons. The number of nitriles is 2. The molecule has 0 fully saturated rings. The highest BCUT2D eigenvalue weighted by Gasteiger charge is 2.31. The second-order valence-corrected chi connectivity index (χ2v) is 8.06. The van der Waals surface area contributed by atoms with Crippen LogP contribution in [0.25, 0.3) is 16.8 Å². The summed E-state index contributed by atoms with van der Waals surface area (Å²) in [7, 11) is 1.52. The summed E-state index contributed by atoms with van der Waals surface area (Å²) in [5.41, 5.74) is 6.57. The van der Waals surface area contributed by atoms with Gasteiger partial charge < -0.3 is 10.5 Å². The van der Waals surface area contributed by atoms with Crippen molar-refractivity contribution >= 4 is 23.4 Å². The van der Waals surface area contributed by atoms with Gasteiger partial charge in [-0.25, -0.2) is 9.78 Å². The van der Waals surface area contributed by atoms with Crippen LogP contribution in [0.5, 0.6) is 5.75 Å². The van der Waals surface area contributed by atoms with Crippen LogP contribution in [0.15, 0.2) is 68.9 Å². The highest BCUT2D eigenvalue weighted by atomic mass is 32.2. The molecule has 0 saturated carbocycles. The Bertz CT molecular complexity index is 1550. The van der Waals surface area contributed by atoms with Crippen molar-refractivity contribution in [3.05, 3.63) is 81.8 Å². The summed E-state index contributed by atoms with van der Waals surface area (Å²) in [5.74, 6) is -0.253. The van der Waals surface area contributed by atoms with Crippen molar-refractivity contribution in [2.24, 2.45) is 0 Å². The Morgan fingerprint density at radius 1 is 1.14 bits per heavy atom. The Hall–Kier alpha value is -4.87. The first-order valence-electron chi connectivity index (χ1n) is 10.1. The number of nitrogen functional groups attached to an aromatic ring is 1. The van der Waals surface area contributed by atoms with Gasteiger partial charge >= 0.3 is 11.3 Å². The van der Waals surface area contributed by atoms with Gasteiger partial charge in [0, 0.05) is 17.7 Å². The number of pyridine rings is 1. The minimum Gasteiger partial charge on any atom is -0.497 e. The molecular formula is C24H17N6O4S+. The monoisotopic (exact) mass is 485 g/mol. The van der Waals surface area contributed by atoms with Crippen molar-refractivity contribution in [2.45, 2.75) is 5.03 Å². The van der Waals surface area contributed by atoms with Gasteiger partial charge in [0.2, 0.25) is 11.5 Å². The van der Waals surface area contributed by atoms with Gasteiger partial charge in [0.25, 0.3) is 0 Å². The fourth-order valence-corrected chi connectivity index (χ4v) is 4.28. The van der Waals surface area contributed by atoms with Crippen molar-refractivity contribution in [3.63, 3.8) is 0 Å². The number of ether oxygens (including phenoxy) is 1. The molecule has 2 aromatic carbocycles. The molecule has 0 atom stereocenters. The minimum absolute atomic E-state index is 0.0604. The van der Waals surface area contributed by atoms with Crippen LogP contribution in [0.4, 0.5) is 5.82 Å². The standard InChI is InChI=1S/C24H16N6O4S/c1-33-16-9-7-15(8-10-16)30-21(24(32)34-29-30)19(31)13-35-23-18(12-26)20(14-5-3-2-4-6-14)17(11-25)22(27)28-23/h2-10H,13H2,1H3,(H2-,27,28,29,31,32)/p+1. The van der Waals surface area contributed by atoms with Gasteiger partial charge in [0.05, 0.1) is 18.4 Å². The summed E-state index contributed by atoms with van der Waals surface area (Å²) in [4.78, 5) is 29.5. The second-order valence-electron chi connectivity index (χ2n) is 7.09. The topological polar surface area (TPSA) is 163 Å². The molecule has 0 bridgehead atoms. The molecule has 35 heavy (non-hydrogen) atoms. The minimum atomic E-state index is -0.843. The number of rotatable bonds is 7. The number of nitrogens with two attached hydrogens (primary N) is 1. The molecule has 11 heteroatoms. The zero-order chi connectivity index (χ0) is 24.9. The van der Waals surface area contributed by atoms with Crippen LogP contribution in [0, 0.1) is 22.7 Å². The fraction of sp³-hybridized carbons (Fsp3) is 0.0833. The predicted octanol–water partition coefficient (Wildman–Crippen LogP) is 2.62. The third-order valence-corrected chi connectivity index (χ3v) is 6.03. The van der Waals surface area contributed by atoms with Gasteiger partial charge in [-0.05, 0) is 27.6 Å². The van der Waals surface area contributed by atoms with E-state index in [0.29, 0.717) is 22.6 Å². The lowest BCUT2D eigenvalue weighted by Gasteiger charge is -2.12. The number of anilines is 1.